The molecule has 0 nitrogen and oxygen atoms in total. The molecular formula is C21H18Zr. The minimum absolute atomic E-state index is 0.510. The summed E-state index contributed by atoms with van der Waals surface area (Å²) in [6, 6.07) is 15.9. The first-order valence-corrected chi connectivity index (χ1v) is 10.3. The molecule has 4 rings (SSSR count). The number of hydrogen-bond acceptors (Lipinski definition) is 0. The third-order valence-electron chi connectivity index (χ3n) is 4.55. The number of hydrogen-bond donors (Lipinski definition) is 0. The van der Waals surface area contributed by atoms with Crippen molar-refractivity contribution in [3.05, 3.63) is 87.8 Å². The van der Waals surface area contributed by atoms with Crippen LogP contribution >= 0.6 is 0 Å². The summed E-state index contributed by atoms with van der Waals surface area (Å²) in [5, 5.41) is 0. The molecule has 22 heavy (non-hydrogen) atoms. The zero-order valence-electron chi connectivity index (χ0n) is 12.5. The molecule has 0 spiro atoms. The Morgan fingerprint density at radius 3 is 2.77 bits per heavy atom. The van der Waals surface area contributed by atoms with Gasteiger partial charge in [0, 0.05) is 0 Å². The van der Waals surface area contributed by atoms with E-state index in [1.165, 1.54) is 23.1 Å². The molecule has 0 saturated heterocycles. The molecular weight excluding hydrogens is 343 g/mol. The van der Waals surface area contributed by atoms with Gasteiger partial charge in [-0.2, -0.15) is 0 Å². The topological polar surface area (TPSA) is 0 Å². The van der Waals surface area contributed by atoms with E-state index in [2.05, 4.69) is 73.3 Å². The number of fused-ring (bicyclic) bond motifs is 3. The third kappa shape index (κ3) is 2.33. The molecule has 0 amide bonds. The molecule has 0 radical (unpaired) electrons. The van der Waals surface area contributed by atoms with Gasteiger partial charge in [-0.3, -0.25) is 0 Å². The molecule has 2 aromatic rings. The fourth-order valence-electron chi connectivity index (χ4n) is 3.61. The van der Waals surface area contributed by atoms with Crippen molar-refractivity contribution < 1.29 is 23.2 Å². The predicted octanol–water partition coefficient (Wildman–Crippen LogP) is 4.93. The van der Waals surface area contributed by atoms with Crippen LogP contribution in [0.3, 0.4) is 0 Å². The van der Waals surface area contributed by atoms with Crippen molar-refractivity contribution >= 4 is 3.27 Å². The Balaban J connectivity index is 1.83. The van der Waals surface area contributed by atoms with Crippen LogP contribution in [-0.2, 0) is 23.2 Å². The van der Waals surface area contributed by atoms with Crippen molar-refractivity contribution in [2.24, 2.45) is 0 Å². The van der Waals surface area contributed by atoms with Gasteiger partial charge in [-0.1, -0.05) is 0 Å². The first-order valence-electron chi connectivity index (χ1n) is 7.84. The maximum atomic E-state index is 4.00. The molecule has 0 saturated carbocycles. The number of rotatable bonds is 4. The van der Waals surface area contributed by atoms with Crippen molar-refractivity contribution in [1.29, 1.82) is 0 Å². The van der Waals surface area contributed by atoms with Crippen LogP contribution in [0.1, 0.15) is 29.9 Å². The fraction of sp³-hybridized carbons (Fsp3) is 0.143. The second kappa shape index (κ2) is 5.97. The molecule has 2 aliphatic rings. The molecule has 1 unspecified atom stereocenters. The Morgan fingerprint density at radius 1 is 1.09 bits per heavy atom. The Hall–Kier alpha value is -1.46. The summed E-state index contributed by atoms with van der Waals surface area (Å²) in [7, 11) is 0. The van der Waals surface area contributed by atoms with Gasteiger partial charge in [0.05, 0.1) is 0 Å². The average Bonchev–Trinajstić information content (AvgIpc) is 3.16. The van der Waals surface area contributed by atoms with Gasteiger partial charge in [0.1, 0.15) is 0 Å². The summed E-state index contributed by atoms with van der Waals surface area (Å²) in [5.74, 6) is 0.510. The van der Waals surface area contributed by atoms with Gasteiger partial charge >= 0.3 is 144 Å². The fourth-order valence-corrected chi connectivity index (χ4v) is 6.97. The van der Waals surface area contributed by atoms with Gasteiger partial charge in [-0.15, -0.1) is 0 Å². The van der Waals surface area contributed by atoms with E-state index in [1.807, 2.05) is 0 Å². The van der Waals surface area contributed by atoms with Gasteiger partial charge in [-0.05, 0) is 0 Å². The molecule has 1 atom stereocenters. The molecule has 0 fully saturated rings. The molecule has 1 heteroatoms. The molecule has 106 valence electrons. The van der Waals surface area contributed by atoms with Crippen LogP contribution in [0.4, 0.5) is 0 Å². The standard InChI is InChI=1S/C16H13.C5H5.Zr/c1-2-7-12-13-8-3-5-10-15(13)16-11-6-4-9-14(12)16;1-2-4-5-3-1;/h2-6,8,10-12H,1,7H2;1-3H,4H2;. The average molecular weight is 362 g/mol. The predicted molar refractivity (Wildman–Crippen MR) is 90.0 cm³/mol. The monoisotopic (exact) mass is 360 g/mol. The van der Waals surface area contributed by atoms with Crippen LogP contribution in [-0.4, -0.2) is 0 Å². The van der Waals surface area contributed by atoms with Crippen LogP contribution in [0.2, 0.25) is 0 Å². The van der Waals surface area contributed by atoms with Crippen LogP contribution in [0.5, 0.6) is 0 Å². The SMILES string of the molecule is C=CCC1c2ccccc2-c2ccc[c]([Zr][C]3=CC=CC3)c21. The Bertz CT molecular complexity index is 795. The summed E-state index contributed by atoms with van der Waals surface area (Å²) < 4.78 is 3.34. The van der Waals surface area contributed by atoms with Crippen molar-refractivity contribution in [3.8, 4) is 11.1 Å². The summed E-state index contributed by atoms with van der Waals surface area (Å²) >= 11 is -0.675. The second-order valence-electron chi connectivity index (χ2n) is 5.88. The van der Waals surface area contributed by atoms with E-state index >= 15 is 0 Å². The summed E-state index contributed by atoms with van der Waals surface area (Å²) in [4.78, 5) is 0. The van der Waals surface area contributed by atoms with E-state index in [4.69, 9.17) is 0 Å². The van der Waals surface area contributed by atoms with Crippen molar-refractivity contribution in [2.45, 2.75) is 18.8 Å². The maximum absolute atomic E-state index is 4.00. The van der Waals surface area contributed by atoms with E-state index in [1.54, 1.807) is 12.1 Å². The van der Waals surface area contributed by atoms with E-state index in [-0.39, 0.29) is 0 Å². The van der Waals surface area contributed by atoms with Gasteiger partial charge in [-0.25, -0.2) is 0 Å². The van der Waals surface area contributed by atoms with E-state index in [0.717, 1.165) is 6.42 Å². The quantitative estimate of drug-likeness (QED) is 0.678. The number of allylic oxidation sites excluding steroid dienone is 5. The van der Waals surface area contributed by atoms with Crippen molar-refractivity contribution in [2.75, 3.05) is 0 Å². The molecule has 0 N–H and O–H groups in total. The van der Waals surface area contributed by atoms with Gasteiger partial charge in [0.15, 0.2) is 0 Å². The Labute approximate surface area is 143 Å². The summed E-state index contributed by atoms with van der Waals surface area (Å²) in [6.07, 6.45) is 11.1. The van der Waals surface area contributed by atoms with Crippen LogP contribution in [0.15, 0.2) is 76.6 Å². The zero-order valence-corrected chi connectivity index (χ0v) is 15.0. The molecule has 0 aromatic heterocycles. The molecule has 0 heterocycles. The first-order chi connectivity index (χ1) is 10.9. The normalized spacial score (nSPS) is 17.8. The molecule has 2 aliphatic carbocycles. The Kier molecular flexibility index (Phi) is 3.84. The Morgan fingerprint density at radius 2 is 1.95 bits per heavy atom. The van der Waals surface area contributed by atoms with Gasteiger partial charge in [0.25, 0.3) is 0 Å². The van der Waals surface area contributed by atoms with Gasteiger partial charge in [0.2, 0.25) is 0 Å². The third-order valence-corrected chi connectivity index (χ3v) is 7.98. The zero-order chi connectivity index (χ0) is 14.9. The molecule has 2 aromatic carbocycles. The van der Waals surface area contributed by atoms with Gasteiger partial charge < -0.3 is 0 Å². The van der Waals surface area contributed by atoms with E-state index in [0.29, 0.717) is 5.92 Å². The van der Waals surface area contributed by atoms with Crippen molar-refractivity contribution in [3.63, 3.8) is 0 Å². The molecule has 0 aliphatic heterocycles. The summed E-state index contributed by atoms with van der Waals surface area (Å²) in [5.41, 5.74) is 5.99. The first kappa shape index (κ1) is 14.2. The van der Waals surface area contributed by atoms with Crippen molar-refractivity contribution in [1.82, 2.24) is 0 Å². The minimum atomic E-state index is -0.675. The van der Waals surface area contributed by atoms with Crippen LogP contribution in [0, 0.1) is 0 Å². The van der Waals surface area contributed by atoms with E-state index in [9.17, 15) is 0 Å². The van der Waals surface area contributed by atoms with E-state index < -0.39 is 23.2 Å². The van der Waals surface area contributed by atoms with Crippen LogP contribution in [0.25, 0.3) is 11.1 Å². The summed E-state index contributed by atoms with van der Waals surface area (Å²) in [6.45, 7) is 4.00. The van der Waals surface area contributed by atoms with Crippen LogP contribution < -0.4 is 3.27 Å². The second-order valence-corrected chi connectivity index (χ2v) is 9.40. The molecule has 0 bridgehead atoms. The number of benzene rings is 2.